The molecule has 0 aromatic heterocycles. The topological polar surface area (TPSA) is 18.5 Å². The van der Waals surface area contributed by atoms with Gasteiger partial charge in [0.1, 0.15) is 5.75 Å². The van der Waals surface area contributed by atoms with E-state index >= 15 is 0 Å². The highest BCUT2D eigenvalue weighted by Crippen LogP contribution is 2.24. The Bertz CT molecular complexity index is 577. The molecule has 112 valence electrons. The van der Waals surface area contributed by atoms with Crippen LogP contribution < -0.4 is 9.47 Å². The molecule has 0 aliphatic carbocycles. The second-order valence-electron chi connectivity index (χ2n) is 4.47. The van der Waals surface area contributed by atoms with Crippen LogP contribution >= 0.6 is 11.6 Å². The molecular formula is C16H15ClF2O2. The Morgan fingerprint density at radius 3 is 2.14 bits per heavy atom. The average Bonchev–Trinajstić information content (AvgIpc) is 2.50. The second-order valence-corrected chi connectivity index (χ2v) is 4.74. The summed E-state index contributed by atoms with van der Waals surface area (Å²) in [5, 5.41) is 0. The molecule has 0 fully saturated rings. The van der Waals surface area contributed by atoms with E-state index in [1.165, 1.54) is 12.1 Å². The molecule has 21 heavy (non-hydrogen) atoms. The molecule has 0 aliphatic rings. The van der Waals surface area contributed by atoms with Gasteiger partial charge < -0.3 is 9.47 Å². The molecule has 0 saturated heterocycles. The lowest BCUT2D eigenvalue weighted by Gasteiger charge is -2.10. The van der Waals surface area contributed by atoms with Crippen LogP contribution in [0.15, 0.2) is 36.4 Å². The summed E-state index contributed by atoms with van der Waals surface area (Å²) in [5.74, 6) is -1.02. The van der Waals surface area contributed by atoms with Gasteiger partial charge in [0.2, 0.25) is 0 Å². The minimum absolute atomic E-state index is 0.0555. The molecule has 0 aliphatic heterocycles. The Kier molecular flexibility index (Phi) is 5.39. The lowest BCUT2D eigenvalue weighted by atomic mass is 10.1. The number of rotatable bonds is 6. The van der Waals surface area contributed by atoms with Gasteiger partial charge in [-0.3, -0.25) is 0 Å². The number of benzene rings is 2. The van der Waals surface area contributed by atoms with Gasteiger partial charge in [0.25, 0.3) is 0 Å². The molecule has 0 saturated carbocycles. The zero-order valence-electron chi connectivity index (χ0n) is 11.5. The van der Waals surface area contributed by atoms with Gasteiger partial charge in [0.05, 0.1) is 13.7 Å². The van der Waals surface area contributed by atoms with E-state index in [1.807, 2.05) is 24.3 Å². The van der Waals surface area contributed by atoms with E-state index < -0.39 is 11.6 Å². The molecule has 0 amide bonds. The van der Waals surface area contributed by atoms with E-state index in [1.54, 1.807) is 7.11 Å². The smallest absolute Gasteiger partial charge is 0.190 e. The molecule has 0 spiro atoms. The van der Waals surface area contributed by atoms with Crippen LogP contribution in [-0.4, -0.2) is 13.7 Å². The third kappa shape index (κ3) is 4.08. The first kappa shape index (κ1) is 15.6. The SMILES string of the molecule is COc1ccc(CCOc2c(F)cc(CCl)cc2F)cc1. The standard InChI is InChI=1S/C16H15ClF2O2/c1-20-13-4-2-11(3-5-13)6-7-21-16-14(18)8-12(10-17)9-15(16)19/h2-5,8-9H,6-7,10H2,1H3. The number of halogens is 3. The van der Waals surface area contributed by atoms with Crippen molar-refractivity contribution in [2.24, 2.45) is 0 Å². The highest BCUT2D eigenvalue weighted by atomic mass is 35.5. The maximum Gasteiger partial charge on any atom is 0.190 e. The van der Waals surface area contributed by atoms with Gasteiger partial charge in [-0.1, -0.05) is 12.1 Å². The minimum atomic E-state index is -0.736. The fourth-order valence-electron chi connectivity index (χ4n) is 1.89. The van der Waals surface area contributed by atoms with Crippen LogP contribution in [0, 0.1) is 11.6 Å². The maximum atomic E-state index is 13.7. The van der Waals surface area contributed by atoms with Gasteiger partial charge in [0, 0.05) is 12.3 Å². The molecule has 2 rings (SSSR count). The van der Waals surface area contributed by atoms with Crippen molar-refractivity contribution in [2.75, 3.05) is 13.7 Å². The number of hydrogen-bond donors (Lipinski definition) is 0. The third-order valence-electron chi connectivity index (χ3n) is 3.01. The van der Waals surface area contributed by atoms with Crippen molar-refractivity contribution in [3.63, 3.8) is 0 Å². The van der Waals surface area contributed by atoms with E-state index in [0.717, 1.165) is 11.3 Å². The van der Waals surface area contributed by atoms with Crippen molar-refractivity contribution >= 4 is 11.6 Å². The molecule has 0 heterocycles. The molecule has 0 N–H and O–H groups in total. The molecule has 0 bridgehead atoms. The largest absolute Gasteiger partial charge is 0.497 e. The summed E-state index contributed by atoms with van der Waals surface area (Å²) in [6, 6.07) is 9.77. The fraction of sp³-hybridized carbons (Fsp3) is 0.250. The van der Waals surface area contributed by atoms with E-state index in [0.29, 0.717) is 12.0 Å². The van der Waals surface area contributed by atoms with E-state index in [4.69, 9.17) is 21.1 Å². The van der Waals surface area contributed by atoms with Gasteiger partial charge in [0.15, 0.2) is 17.4 Å². The van der Waals surface area contributed by atoms with Crippen molar-refractivity contribution < 1.29 is 18.3 Å². The number of hydrogen-bond acceptors (Lipinski definition) is 2. The summed E-state index contributed by atoms with van der Waals surface area (Å²) < 4.78 is 37.6. The highest BCUT2D eigenvalue weighted by molar-refractivity contribution is 6.17. The predicted molar refractivity (Wildman–Crippen MR) is 78.1 cm³/mol. The van der Waals surface area contributed by atoms with Crippen LogP contribution in [0.3, 0.4) is 0 Å². The quantitative estimate of drug-likeness (QED) is 0.739. The van der Waals surface area contributed by atoms with Gasteiger partial charge in [-0.15, -0.1) is 11.6 Å². The molecule has 2 aromatic rings. The average molecular weight is 313 g/mol. The number of alkyl halides is 1. The van der Waals surface area contributed by atoms with Gasteiger partial charge in [-0.25, -0.2) is 8.78 Å². The maximum absolute atomic E-state index is 13.7. The van der Waals surface area contributed by atoms with Gasteiger partial charge in [-0.2, -0.15) is 0 Å². The molecule has 0 radical (unpaired) electrons. The zero-order chi connectivity index (χ0) is 15.2. The lowest BCUT2D eigenvalue weighted by Crippen LogP contribution is -2.05. The Hall–Kier alpha value is -1.81. The molecule has 2 nitrogen and oxygen atoms in total. The zero-order valence-corrected chi connectivity index (χ0v) is 12.3. The first-order chi connectivity index (χ1) is 10.1. The summed E-state index contributed by atoms with van der Waals surface area (Å²) in [5.41, 5.74) is 1.38. The summed E-state index contributed by atoms with van der Waals surface area (Å²) in [4.78, 5) is 0. The van der Waals surface area contributed by atoms with Crippen molar-refractivity contribution in [3.8, 4) is 11.5 Å². The van der Waals surface area contributed by atoms with Crippen molar-refractivity contribution in [2.45, 2.75) is 12.3 Å². The van der Waals surface area contributed by atoms with E-state index in [9.17, 15) is 8.78 Å². The second kappa shape index (κ2) is 7.27. The van der Waals surface area contributed by atoms with Crippen LogP contribution in [0.5, 0.6) is 11.5 Å². The monoisotopic (exact) mass is 312 g/mol. The molecular weight excluding hydrogens is 298 g/mol. The Morgan fingerprint density at radius 1 is 1.00 bits per heavy atom. The normalized spacial score (nSPS) is 10.5. The van der Waals surface area contributed by atoms with E-state index in [-0.39, 0.29) is 18.2 Å². The summed E-state index contributed by atoms with van der Waals surface area (Å²) in [7, 11) is 1.59. The minimum Gasteiger partial charge on any atom is -0.497 e. The van der Waals surface area contributed by atoms with Crippen molar-refractivity contribution in [1.29, 1.82) is 0 Å². The summed E-state index contributed by atoms with van der Waals surface area (Å²) >= 11 is 5.55. The van der Waals surface area contributed by atoms with Crippen LogP contribution in [-0.2, 0) is 12.3 Å². The highest BCUT2D eigenvalue weighted by Gasteiger charge is 2.12. The first-order valence-corrected chi connectivity index (χ1v) is 6.97. The van der Waals surface area contributed by atoms with Gasteiger partial charge >= 0.3 is 0 Å². The Balaban J connectivity index is 1.96. The Labute approximate surface area is 127 Å². The summed E-state index contributed by atoms with van der Waals surface area (Å²) in [6.45, 7) is 0.181. The Morgan fingerprint density at radius 2 is 1.62 bits per heavy atom. The molecule has 5 heteroatoms. The molecule has 2 aromatic carbocycles. The third-order valence-corrected chi connectivity index (χ3v) is 3.32. The number of ether oxygens (including phenoxy) is 2. The van der Waals surface area contributed by atoms with Crippen LogP contribution in [0.4, 0.5) is 8.78 Å². The van der Waals surface area contributed by atoms with Crippen molar-refractivity contribution in [3.05, 3.63) is 59.2 Å². The predicted octanol–water partition coefficient (Wildman–Crippen LogP) is 4.33. The van der Waals surface area contributed by atoms with E-state index in [2.05, 4.69) is 0 Å². The van der Waals surface area contributed by atoms with Gasteiger partial charge in [-0.05, 0) is 35.4 Å². The fourth-order valence-corrected chi connectivity index (χ4v) is 2.04. The molecule has 0 unspecified atom stereocenters. The van der Waals surface area contributed by atoms with Crippen LogP contribution in [0.25, 0.3) is 0 Å². The van der Waals surface area contributed by atoms with Crippen molar-refractivity contribution in [1.82, 2.24) is 0 Å². The number of methoxy groups -OCH3 is 1. The van der Waals surface area contributed by atoms with Crippen LogP contribution in [0.2, 0.25) is 0 Å². The summed E-state index contributed by atoms with van der Waals surface area (Å²) in [6.07, 6.45) is 0.542. The lowest BCUT2D eigenvalue weighted by molar-refractivity contribution is 0.288. The molecule has 0 atom stereocenters. The van der Waals surface area contributed by atoms with Crippen LogP contribution in [0.1, 0.15) is 11.1 Å². The first-order valence-electron chi connectivity index (χ1n) is 6.43.